The molecule has 0 fully saturated rings. The molecular formula is C20H22F3N3. The molecule has 0 radical (unpaired) electrons. The lowest BCUT2D eigenvalue weighted by atomic mass is 10.0. The maximum atomic E-state index is 12.3. The summed E-state index contributed by atoms with van der Waals surface area (Å²) < 4.78 is 36.9. The van der Waals surface area contributed by atoms with Gasteiger partial charge in [0.05, 0.1) is 11.5 Å². The minimum absolute atomic E-state index is 0.223. The van der Waals surface area contributed by atoms with E-state index in [4.69, 9.17) is 0 Å². The minimum Gasteiger partial charge on any atom is -0.263 e. The topological polar surface area (TPSA) is 41.6 Å². The summed E-state index contributed by atoms with van der Waals surface area (Å²) in [5.74, 6) is 1.12. The van der Waals surface area contributed by atoms with Gasteiger partial charge >= 0.3 is 6.18 Å². The number of hydrogen-bond donors (Lipinski definition) is 1. The van der Waals surface area contributed by atoms with Gasteiger partial charge in [-0.15, -0.1) is 0 Å². The Morgan fingerprint density at radius 2 is 1.77 bits per heavy atom. The zero-order valence-corrected chi connectivity index (χ0v) is 15.0. The molecule has 0 saturated heterocycles. The summed E-state index contributed by atoms with van der Waals surface area (Å²) in [7, 11) is 0. The molecule has 1 aromatic carbocycles. The molecule has 6 heteroatoms. The van der Waals surface area contributed by atoms with E-state index in [1.165, 1.54) is 31.6 Å². The van der Waals surface area contributed by atoms with E-state index in [0.717, 1.165) is 12.2 Å². The van der Waals surface area contributed by atoms with Crippen molar-refractivity contribution in [2.75, 3.05) is 0 Å². The number of halogens is 3. The summed E-state index contributed by atoms with van der Waals surface area (Å²) >= 11 is 0. The summed E-state index contributed by atoms with van der Waals surface area (Å²) in [4.78, 5) is 4.15. The van der Waals surface area contributed by atoms with Gasteiger partial charge in [-0.3, -0.25) is 5.10 Å². The number of aromatic nitrogens is 3. The lowest BCUT2D eigenvalue weighted by molar-refractivity contribution is -0.138. The molecule has 0 spiro atoms. The van der Waals surface area contributed by atoms with Crippen molar-refractivity contribution in [2.24, 2.45) is 0 Å². The maximum absolute atomic E-state index is 12.3. The number of alkyl halides is 3. The predicted molar refractivity (Wildman–Crippen MR) is 96.7 cm³/mol. The van der Waals surface area contributed by atoms with Crippen molar-refractivity contribution in [3.63, 3.8) is 0 Å². The van der Waals surface area contributed by atoms with Crippen LogP contribution in [-0.4, -0.2) is 15.2 Å². The smallest absolute Gasteiger partial charge is 0.263 e. The molecule has 0 saturated carbocycles. The highest BCUT2D eigenvalue weighted by atomic mass is 19.4. The third kappa shape index (κ3) is 5.44. The van der Waals surface area contributed by atoms with Crippen LogP contribution in [0, 0.1) is 13.8 Å². The molecule has 26 heavy (non-hydrogen) atoms. The zero-order valence-electron chi connectivity index (χ0n) is 15.0. The Kier molecular flexibility index (Phi) is 6.55. The molecular weight excluding hydrogens is 339 g/mol. The Hall–Kier alpha value is -2.63. The quantitative estimate of drug-likeness (QED) is 0.665. The van der Waals surface area contributed by atoms with E-state index in [9.17, 15) is 13.2 Å². The first kappa shape index (κ1) is 19.7. The van der Waals surface area contributed by atoms with Crippen LogP contribution in [0.1, 0.15) is 41.8 Å². The van der Waals surface area contributed by atoms with E-state index >= 15 is 0 Å². The van der Waals surface area contributed by atoms with Gasteiger partial charge in [0.2, 0.25) is 0 Å². The Bertz CT molecular complexity index is 780. The van der Waals surface area contributed by atoms with Crippen LogP contribution in [0.4, 0.5) is 13.2 Å². The van der Waals surface area contributed by atoms with Gasteiger partial charge in [-0.25, -0.2) is 4.98 Å². The van der Waals surface area contributed by atoms with Crippen LogP contribution in [-0.2, 0) is 6.18 Å². The van der Waals surface area contributed by atoms with E-state index in [-0.39, 0.29) is 17.0 Å². The molecule has 2 aromatic rings. The first-order valence-corrected chi connectivity index (χ1v) is 8.29. The van der Waals surface area contributed by atoms with Gasteiger partial charge in [0, 0.05) is 0 Å². The van der Waals surface area contributed by atoms with Crippen LogP contribution in [0.5, 0.6) is 0 Å². The number of aromatic amines is 1. The molecule has 1 N–H and O–H groups in total. The van der Waals surface area contributed by atoms with Crippen molar-refractivity contribution >= 4 is 0 Å². The van der Waals surface area contributed by atoms with Crippen molar-refractivity contribution < 1.29 is 13.2 Å². The van der Waals surface area contributed by atoms with E-state index < -0.39 is 11.7 Å². The second kappa shape index (κ2) is 8.65. The highest BCUT2D eigenvalue weighted by Crippen LogP contribution is 2.33. The fraction of sp³-hybridized carbons (Fsp3) is 0.300. The van der Waals surface area contributed by atoms with Gasteiger partial charge < -0.3 is 0 Å². The van der Waals surface area contributed by atoms with Gasteiger partial charge in [-0.2, -0.15) is 18.3 Å². The molecule has 1 aromatic heterocycles. The lowest BCUT2D eigenvalue weighted by Gasteiger charge is -2.12. The van der Waals surface area contributed by atoms with Crippen molar-refractivity contribution in [1.82, 2.24) is 15.2 Å². The molecule has 1 unspecified atom stereocenters. The molecule has 138 valence electrons. The van der Waals surface area contributed by atoms with Crippen LogP contribution in [0.15, 0.2) is 60.5 Å². The third-order valence-corrected chi connectivity index (χ3v) is 4.00. The highest BCUT2D eigenvalue weighted by Gasteiger charge is 2.33. The second-order valence-corrected chi connectivity index (χ2v) is 6.13. The van der Waals surface area contributed by atoms with Crippen molar-refractivity contribution in [1.29, 1.82) is 0 Å². The molecule has 0 aliphatic heterocycles. The molecule has 0 amide bonds. The Balaban J connectivity index is 0.000000190. The Morgan fingerprint density at radius 1 is 1.08 bits per heavy atom. The number of H-pyrrole nitrogens is 1. The first-order chi connectivity index (χ1) is 12.3. The van der Waals surface area contributed by atoms with Crippen molar-refractivity contribution in [3.05, 3.63) is 83.0 Å². The summed E-state index contributed by atoms with van der Waals surface area (Å²) in [6.07, 6.45) is 9.04. The lowest BCUT2D eigenvalue weighted by Crippen LogP contribution is -2.09. The van der Waals surface area contributed by atoms with Gasteiger partial charge in [0.1, 0.15) is 12.2 Å². The molecule has 1 aliphatic carbocycles. The van der Waals surface area contributed by atoms with E-state index in [2.05, 4.69) is 52.5 Å². The van der Waals surface area contributed by atoms with Crippen molar-refractivity contribution in [2.45, 2.75) is 39.3 Å². The number of nitrogens with zero attached hydrogens (tertiary/aromatic N) is 2. The number of nitrogens with one attached hydrogen (secondary N) is 1. The summed E-state index contributed by atoms with van der Waals surface area (Å²) in [6, 6.07) is 4.56. The van der Waals surface area contributed by atoms with Crippen LogP contribution < -0.4 is 0 Å². The standard InChI is InChI=1S/C11H13N3.C9H9F3/c1-9-4-2-3-5-10(7-6-9)11-12-8-13-14-11;1-6-4-3-5-7(2)8(6)9(10,11)12/h3-8,10H,2H2,1H3,(H,12,13,14);3-5H,1-2H3/b5-3-,7-6?,9-4-;. The van der Waals surface area contributed by atoms with Gasteiger partial charge in [-0.1, -0.05) is 54.2 Å². The molecule has 3 nitrogen and oxygen atoms in total. The van der Waals surface area contributed by atoms with Crippen LogP contribution in [0.3, 0.4) is 0 Å². The molecule has 1 atom stereocenters. The minimum atomic E-state index is -4.23. The normalized spacial score (nSPS) is 20.2. The average molecular weight is 361 g/mol. The van der Waals surface area contributed by atoms with Crippen LogP contribution in [0.25, 0.3) is 0 Å². The maximum Gasteiger partial charge on any atom is 0.416 e. The van der Waals surface area contributed by atoms with Gasteiger partial charge in [0.25, 0.3) is 0 Å². The molecule has 1 heterocycles. The fourth-order valence-electron chi connectivity index (χ4n) is 2.69. The SMILES string of the molecule is C/C1=C/C/C=C\C(c2ncn[nH]2)C=C1.Cc1cccc(C)c1C(F)(F)F. The predicted octanol–water partition coefficient (Wildman–Crippen LogP) is 5.67. The van der Waals surface area contributed by atoms with Crippen LogP contribution in [0.2, 0.25) is 0 Å². The number of allylic oxidation sites excluding steroid dienone is 6. The monoisotopic (exact) mass is 361 g/mol. The van der Waals surface area contributed by atoms with Gasteiger partial charge in [0.15, 0.2) is 0 Å². The number of rotatable bonds is 1. The molecule has 1 aliphatic rings. The van der Waals surface area contributed by atoms with E-state index in [0.29, 0.717) is 0 Å². The summed E-state index contributed by atoms with van der Waals surface area (Å²) in [6.45, 7) is 5.04. The summed E-state index contributed by atoms with van der Waals surface area (Å²) in [5.41, 5.74) is 1.34. The third-order valence-electron chi connectivity index (χ3n) is 4.00. The van der Waals surface area contributed by atoms with E-state index in [1.807, 2.05) is 0 Å². The zero-order chi connectivity index (χ0) is 19.2. The van der Waals surface area contributed by atoms with Gasteiger partial charge in [-0.05, 0) is 38.3 Å². The second-order valence-electron chi connectivity index (χ2n) is 6.13. The van der Waals surface area contributed by atoms with E-state index in [1.54, 1.807) is 12.4 Å². The average Bonchev–Trinajstić information content (AvgIpc) is 3.05. The number of hydrogen-bond acceptors (Lipinski definition) is 2. The Morgan fingerprint density at radius 3 is 2.31 bits per heavy atom. The van der Waals surface area contributed by atoms with Crippen molar-refractivity contribution in [3.8, 4) is 0 Å². The largest absolute Gasteiger partial charge is 0.416 e. The molecule has 3 rings (SSSR count). The first-order valence-electron chi connectivity index (χ1n) is 8.29. The molecule has 0 bridgehead atoms. The van der Waals surface area contributed by atoms with Crippen LogP contribution >= 0.6 is 0 Å². The fourth-order valence-corrected chi connectivity index (χ4v) is 2.69. The highest BCUT2D eigenvalue weighted by molar-refractivity contribution is 5.35. The Labute approximate surface area is 151 Å². The number of benzene rings is 1. The summed E-state index contributed by atoms with van der Waals surface area (Å²) in [5, 5.41) is 6.74. The number of aryl methyl sites for hydroxylation is 2.